The average Bonchev–Trinajstić information content (AvgIpc) is 2.96. The van der Waals surface area contributed by atoms with Crippen LogP contribution in [0, 0.1) is 0 Å². The van der Waals surface area contributed by atoms with Crippen LogP contribution >= 0.6 is 0 Å². The molecule has 2 heterocycles. The molecule has 0 saturated carbocycles. The summed E-state index contributed by atoms with van der Waals surface area (Å²) in [5.74, 6) is 2.07. The highest BCUT2D eigenvalue weighted by atomic mass is 16.6. The maximum atomic E-state index is 11.2. The highest BCUT2D eigenvalue weighted by molar-refractivity contribution is 5.83. The SMILES string of the molecule is CC(C)c1ncn(-c2cc(C=O)c3c(c2)OCCO3)n1. The minimum absolute atomic E-state index is 0.249. The van der Waals surface area contributed by atoms with Gasteiger partial charge in [0.2, 0.25) is 0 Å². The lowest BCUT2D eigenvalue weighted by Crippen LogP contribution is -2.17. The van der Waals surface area contributed by atoms with Crippen molar-refractivity contribution in [1.82, 2.24) is 14.8 Å². The molecule has 0 radical (unpaired) electrons. The van der Waals surface area contributed by atoms with Gasteiger partial charge in [0.25, 0.3) is 0 Å². The van der Waals surface area contributed by atoms with Gasteiger partial charge < -0.3 is 9.47 Å². The van der Waals surface area contributed by atoms with Gasteiger partial charge in [0, 0.05) is 12.0 Å². The number of aldehydes is 1. The summed E-state index contributed by atoms with van der Waals surface area (Å²) < 4.78 is 12.7. The number of ether oxygens (including phenoxy) is 2. The van der Waals surface area contributed by atoms with Gasteiger partial charge in [-0.25, -0.2) is 9.67 Å². The lowest BCUT2D eigenvalue weighted by molar-refractivity contribution is 0.111. The normalized spacial score (nSPS) is 13.6. The van der Waals surface area contributed by atoms with Gasteiger partial charge in [-0.2, -0.15) is 5.10 Å². The van der Waals surface area contributed by atoms with Crippen LogP contribution in [0.2, 0.25) is 0 Å². The molecule has 104 valence electrons. The molecule has 1 aliphatic heterocycles. The molecular formula is C14H15N3O3. The Bertz CT molecular complexity index is 649. The summed E-state index contributed by atoms with van der Waals surface area (Å²) in [7, 11) is 0. The highest BCUT2D eigenvalue weighted by Crippen LogP contribution is 2.35. The molecule has 0 saturated heterocycles. The van der Waals surface area contributed by atoms with Crippen molar-refractivity contribution in [2.45, 2.75) is 19.8 Å². The summed E-state index contributed by atoms with van der Waals surface area (Å²) in [5, 5.41) is 4.40. The van der Waals surface area contributed by atoms with Gasteiger partial charge in [0.05, 0.1) is 11.3 Å². The maximum absolute atomic E-state index is 11.2. The molecule has 0 N–H and O–H groups in total. The van der Waals surface area contributed by atoms with Gasteiger partial charge in [-0.15, -0.1) is 0 Å². The lowest BCUT2D eigenvalue weighted by atomic mass is 10.1. The van der Waals surface area contributed by atoms with E-state index in [9.17, 15) is 4.79 Å². The molecular weight excluding hydrogens is 258 g/mol. The Morgan fingerprint density at radius 3 is 2.80 bits per heavy atom. The molecule has 1 aromatic heterocycles. The molecule has 0 bridgehead atoms. The van der Waals surface area contributed by atoms with Crippen LogP contribution in [0.15, 0.2) is 18.5 Å². The second-order valence-electron chi connectivity index (χ2n) is 4.88. The number of carbonyl (C=O) groups is 1. The molecule has 0 unspecified atom stereocenters. The van der Waals surface area contributed by atoms with Crippen molar-refractivity contribution in [3.05, 3.63) is 29.8 Å². The zero-order valence-electron chi connectivity index (χ0n) is 11.4. The van der Waals surface area contributed by atoms with Crippen molar-refractivity contribution < 1.29 is 14.3 Å². The number of nitrogens with zero attached hydrogens (tertiary/aromatic N) is 3. The largest absolute Gasteiger partial charge is 0.486 e. The van der Waals surface area contributed by atoms with Crippen LogP contribution < -0.4 is 9.47 Å². The molecule has 0 aliphatic carbocycles. The third-order valence-electron chi connectivity index (χ3n) is 3.07. The quantitative estimate of drug-likeness (QED) is 0.800. The smallest absolute Gasteiger partial charge is 0.172 e. The first-order valence-corrected chi connectivity index (χ1v) is 6.50. The van der Waals surface area contributed by atoms with Crippen molar-refractivity contribution in [3.8, 4) is 17.2 Å². The minimum Gasteiger partial charge on any atom is -0.486 e. The van der Waals surface area contributed by atoms with Gasteiger partial charge in [0.1, 0.15) is 19.5 Å². The average molecular weight is 273 g/mol. The standard InChI is InChI=1S/C14H15N3O3/c1-9(2)14-15-8-17(16-14)11-5-10(7-18)13-12(6-11)19-3-4-20-13/h5-9H,3-4H2,1-2H3. The molecule has 1 aliphatic rings. The Morgan fingerprint density at radius 2 is 2.10 bits per heavy atom. The van der Waals surface area contributed by atoms with Crippen LogP contribution in [0.4, 0.5) is 0 Å². The molecule has 2 aromatic rings. The fraction of sp³-hybridized carbons (Fsp3) is 0.357. The first-order valence-electron chi connectivity index (χ1n) is 6.50. The zero-order chi connectivity index (χ0) is 14.1. The monoisotopic (exact) mass is 273 g/mol. The zero-order valence-corrected chi connectivity index (χ0v) is 11.4. The first-order chi connectivity index (χ1) is 9.69. The van der Waals surface area contributed by atoms with E-state index >= 15 is 0 Å². The molecule has 0 amide bonds. The molecule has 3 rings (SSSR count). The molecule has 0 fully saturated rings. The van der Waals surface area contributed by atoms with Crippen LogP contribution in [-0.4, -0.2) is 34.3 Å². The van der Waals surface area contributed by atoms with E-state index in [2.05, 4.69) is 10.1 Å². The van der Waals surface area contributed by atoms with Gasteiger partial charge in [-0.05, 0) is 6.07 Å². The van der Waals surface area contributed by atoms with Crippen molar-refractivity contribution in [1.29, 1.82) is 0 Å². The molecule has 6 heteroatoms. The first kappa shape index (κ1) is 12.7. The van der Waals surface area contributed by atoms with E-state index in [0.29, 0.717) is 30.3 Å². The summed E-state index contributed by atoms with van der Waals surface area (Å²) in [5.41, 5.74) is 1.19. The van der Waals surface area contributed by atoms with Crippen molar-refractivity contribution in [3.63, 3.8) is 0 Å². The number of fused-ring (bicyclic) bond motifs is 1. The fourth-order valence-electron chi connectivity index (χ4n) is 2.05. The predicted molar refractivity (Wildman–Crippen MR) is 71.8 cm³/mol. The summed E-state index contributed by atoms with van der Waals surface area (Å²) in [6.07, 6.45) is 2.40. The van der Waals surface area contributed by atoms with Gasteiger partial charge >= 0.3 is 0 Å². The van der Waals surface area contributed by atoms with E-state index in [-0.39, 0.29) is 5.92 Å². The van der Waals surface area contributed by atoms with Crippen molar-refractivity contribution in [2.24, 2.45) is 0 Å². The molecule has 1 aromatic carbocycles. The van der Waals surface area contributed by atoms with E-state index in [0.717, 1.165) is 17.8 Å². The van der Waals surface area contributed by atoms with Gasteiger partial charge in [0.15, 0.2) is 23.6 Å². The maximum Gasteiger partial charge on any atom is 0.172 e. The van der Waals surface area contributed by atoms with Crippen molar-refractivity contribution >= 4 is 6.29 Å². The third-order valence-corrected chi connectivity index (χ3v) is 3.07. The summed E-state index contributed by atoms with van der Waals surface area (Å²) in [4.78, 5) is 15.4. The molecule has 0 spiro atoms. The second kappa shape index (κ2) is 4.96. The molecule has 6 nitrogen and oxygen atoms in total. The van der Waals surface area contributed by atoms with Gasteiger partial charge in [-0.1, -0.05) is 13.8 Å². The second-order valence-corrected chi connectivity index (χ2v) is 4.88. The number of carbonyl (C=O) groups excluding carboxylic acids is 1. The van der Waals surface area contributed by atoms with Crippen LogP contribution in [0.1, 0.15) is 35.9 Å². The molecule has 0 atom stereocenters. The molecule has 20 heavy (non-hydrogen) atoms. The van der Waals surface area contributed by atoms with Crippen LogP contribution in [0.5, 0.6) is 11.5 Å². The Hall–Kier alpha value is -2.37. The number of rotatable bonds is 3. The van der Waals surface area contributed by atoms with E-state index < -0.39 is 0 Å². The van der Waals surface area contributed by atoms with E-state index in [4.69, 9.17) is 9.47 Å². The topological polar surface area (TPSA) is 66.2 Å². The van der Waals surface area contributed by atoms with Crippen LogP contribution in [-0.2, 0) is 0 Å². The number of aromatic nitrogens is 3. The summed E-state index contributed by atoms with van der Waals surface area (Å²) in [6.45, 7) is 4.98. The Kier molecular flexibility index (Phi) is 3.14. The van der Waals surface area contributed by atoms with Crippen molar-refractivity contribution in [2.75, 3.05) is 13.2 Å². The Balaban J connectivity index is 2.06. The van der Waals surface area contributed by atoms with E-state index in [1.807, 2.05) is 13.8 Å². The summed E-state index contributed by atoms with van der Waals surface area (Å²) >= 11 is 0. The Morgan fingerprint density at radius 1 is 1.30 bits per heavy atom. The summed E-state index contributed by atoms with van der Waals surface area (Å²) in [6, 6.07) is 3.53. The Labute approximate surface area is 116 Å². The number of hydrogen-bond donors (Lipinski definition) is 0. The van der Waals surface area contributed by atoms with E-state index in [1.165, 1.54) is 0 Å². The highest BCUT2D eigenvalue weighted by Gasteiger charge is 2.18. The lowest BCUT2D eigenvalue weighted by Gasteiger charge is -2.20. The minimum atomic E-state index is 0.249. The predicted octanol–water partition coefficient (Wildman–Crippen LogP) is 1.97. The van der Waals surface area contributed by atoms with Gasteiger partial charge in [-0.3, -0.25) is 4.79 Å². The third kappa shape index (κ3) is 2.13. The fourth-order valence-corrected chi connectivity index (χ4v) is 2.05. The number of benzene rings is 1. The van der Waals surface area contributed by atoms with Crippen LogP contribution in [0.25, 0.3) is 5.69 Å². The van der Waals surface area contributed by atoms with E-state index in [1.54, 1.807) is 23.1 Å². The van der Waals surface area contributed by atoms with Crippen LogP contribution in [0.3, 0.4) is 0 Å². The number of hydrogen-bond acceptors (Lipinski definition) is 5.